The van der Waals surface area contributed by atoms with Crippen LogP contribution in [0.5, 0.6) is 0 Å². The van der Waals surface area contributed by atoms with Crippen LogP contribution in [-0.2, 0) is 17.6 Å². The minimum Gasteiger partial charge on any atom is -0.481 e. The summed E-state index contributed by atoms with van der Waals surface area (Å²) in [5.74, 6) is -2.18. The van der Waals surface area contributed by atoms with Crippen LogP contribution in [0.2, 0.25) is 0 Å². The Kier molecular flexibility index (Phi) is 4.77. The zero-order valence-electron chi connectivity index (χ0n) is 12.1. The maximum absolute atomic E-state index is 12.0. The van der Waals surface area contributed by atoms with E-state index in [2.05, 4.69) is 10.3 Å². The van der Waals surface area contributed by atoms with Gasteiger partial charge in [-0.05, 0) is 37.3 Å². The second-order valence-corrected chi connectivity index (χ2v) is 5.53. The number of amides is 1. The summed E-state index contributed by atoms with van der Waals surface area (Å²) in [6.07, 6.45) is 4.91. The number of aromatic nitrogens is 1. The van der Waals surface area contributed by atoms with E-state index in [0.717, 1.165) is 43.4 Å². The molecule has 1 unspecified atom stereocenters. The minimum absolute atomic E-state index is 0.00465. The Labute approximate surface area is 122 Å². The molecule has 1 amide bonds. The Bertz CT molecular complexity index is 606. The first-order valence-corrected chi connectivity index (χ1v) is 7.25. The van der Waals surface area contributed by atoms with Crippen LogP contribution < -0.4 is 10.9 Å². The molecule has 1 aliphatic carbocycles. The molecular formula is C15H20N2O4. The van der Waals surface area contributed by atoms with Gasteiger partial charge < -0.3 is 15.4 Å². The van der Waals surface area contributed by atoms with E-state index in [1.165, 1.54) is 6.92 Å². The lowest BCUT2D eigenvalue weighted by Crippen LogP contribution is -2.35. The van der Waals surface area contributed by atoms with Crippen molar-refractivity contribution in [2.24, 2.45) is 5.92 Å². The van der Waals surface area contributed by atoms with E-state index in [9.17, 15) is 14.4 Å². The Morgan fingerprint density at radius 2 is 2.05 bits per heavy atom. The number of rotatable bonds is 4. The largest absolute Gasteiger partial charge is 0.481 e. The van der Waals surface area contributed by atoms with Crippen molar-refractivity contribution in [3.8, 4) is 0 Å². The number of hydrogen-bond donors (Lipinski definition) is 3. The van der Waals surface area contributed by atoms with E-state index in [-0.39, 0.29) is 12.1 Å². The van der Waals surface area contributed by atoms with Crippen LogP contribution in [-0.4, -0.2) is 28.5 Å². The zero-order chi connectivity index (χ0) is 15.4. The van der Waals surface area contributed by atoms with Crippen LogP contribution in [0.4, 0.5) is 0 Å². The highest BCUT2D eigenvalue weighted by molar-refractivity contribution is 5.94. The van der Waals surface area contributed by atoms with E-state index >= 15 is 0 Å². The molecule has 21 heavy (non-hydrogen) atoms. The second kappa shape index (κ2) is 6.56. The third kappa shape index (κ3) is 3.71. The number of carbonyl (C=O) groups is 2. The van der Waals surface area contributed by atoms with Crippen molar-refractivity contribution in [3.05, 3.63) is 33.2 Å². The molecule has 0 spiro atoms. The van der Waals surface area contributed by atoms with Gasteiger partial charge in [0.25, 0.3) is 11.5 Å². The molecule has 2 rings (SSSR count). The smallest absolute Gasteiger partial charge is 0.308 e. The topological polar surface area (TPSA) is 99.3 Å². The van der Waals surface area contributed by atoms with Crippen molar-refractivity contribution in [2.75, 3.05) is 6.54 Å². The van der Waals surface area contributed by atoms with Gasteiger partial charge in [-0.3, -0.25) is 14.4 Å². The first-order chi connectivity index (χ1) is 9.99. The van der Waals surface area contributed by atoms with Crippen molar-refractivity contribution >= 4 is 11.9 Å². The minimum atomic E-state index is -0.980. The molecule has 3 N–H and O–H groups in total. The molecule has 0 aromatic carbocycles. The molecule has 114 valence electrons. The fourth-order valence-corrected chi connectivity index (χ4v) is 2.45. The van der Waals surface area contributed by atoms with Crippen LogP contribution in [0.25, 0.3) is 0 Å². The number of H-pyrrole nitrogens is 1. The van der Waals surface area contributed by atoms with Crippen LogP contribution in [0.15, 0.2) is 10.9 Å². The summed E-state index contributed by atoms with van der Waals surface area (Å²) < 4.78 is 0. The van der Waals surface area contributed by atoms with Crippen molar-refractivity contribution in [1.29, 1.82) is 0 Å². The third-order valence-corrected chi connectivity index (χ3v) is 3.82. The molecule has 0 aliphatic heterocycles. The van der Waals surface area contributed by atoms with E-state index in [4.69, 9.17) is 5.11 Å². The molecule has 0 fully saturated rings. The summed E-state index contributed by atoms with van der Waals surface area (Å²) in [6, 6.07) is 1.65. The summed E-state index contributed by atoms with van der Waals surface area (Å²) in [7, 11) is 0. The zero-order valence-corrected chi connectivity index (χ0v) is 12.1. The number of aliphatic carboxylic acids is 1. The predicted molar refractivity (Wildman–Crippen MR) is 77.5 cm³/mol. The summed E-state index contributed by atoms with van der Waals surface area (Å²) >= 11 is 0. The average Bonchev–Trinajstić information content (AvgIpc) is 2.67. The molecule has 1 heterocycles. The third-order valence-electron chi connectivity index (χ3n) is 3.82. The number of fused-ring (bicyclic) bond motifs is 1. The van der Waals surface area contributed by atoms with Crippen LogP contribution in [0.3, 0.4) is 0 Å². The molecule has 0 saturated heterocycles. The van der Waals surface area contributed by atoms with Crippen molar-refractivity contribution in [3.63, 3.8) is 0 Å². The fraction of sp³-hybridized carbons (Fsp3) is 0.533. The van der Waals surface area contributed by atoms with E-state index in [1.54, 1.807) is 6.07 Å². The first-order valence-electron chi connectivity index (χ1n) is 7.25. The quantitative estimate of drug-likeness (QED) is 0.723. The fourth-order valence-electron chi connectivity index (χ4n) is 2.45. The van der Waals surface area contributed by atoms with Crippen molar-refractivity contribution in [2.45, 2.75) is 39.0 Å². The van der Waals surface area contributed by atoms with Gasteiger partial charge in [0.2, 0.25) is 0 Å². The molecule has 0 bridgehead atoms. The first kappa shape index (κ1) is 15.3. The Morgan fingerprint density at radius 3 is 2.76 bits per heavy atom. The highest BCUT2D eigenvalue weighted by Crippen LogP contribution is 2.18. The number of carboxylic acids is 1. The van der Waals surface area contributed by atoms with Gasteiger partial charge in [0, 0.05) is 12.2 Å². The van der Waals surface area contributed by atoms with E-state index in [0.29, 0.717) is 0 Å². The molecule has 1 aromatic heterocycles. The highest BCUT2D eigenvalue weighted by atomic mass is 16.4. The summed E-state index contributed by atoms with van der Waals surface area (Å²) in [6.45, 7) is 1.51. The molecule has 0 radical (unpaired) electrons. The summed E-state index contributed by atoms with van der Waals surface area (Å²) in [5.41, 5.74) is 1.60. The van der Waals surface area contributed by atoms with Gasteiger partial charge in [0.1, 0.15) is 5.56 Å². The average molecular weight is 292 g/mol. The number of hydrogen-bond acceptors (Lipinski definition) is 3. The molecule has 1 aromatic rings. The van der Waals surface area contributed by atoms with Gasteiger partial charge in [0.15, 0.2) is 0 Å². The molecule has 6 nitrogen and oxygen atoms in total. The maximum atomic E-state index is 12.0. The molecular weight excluding hydrogens is 272 g/mol. The monoisotopic (exact) mass is 292 g/mol. The predicted octanol–water partition coefficient (Wildman–Crippen LogP) is 1.09. The van der Waals surface area contributed by atoms with Crippen molar-refractivity contribution < 1.29 is 14.7 Å². The van der Waals surface area contributed by atoms with Gasteiger partial charge in [0.05, 0.1) is 5.92 Å². The second-order valence-electron chi connectivity index (χ2n) is 5.53. The van der Waals surface area contributed by atoms with E-state index in [1.807, 2.05) is 0 Å². The maximum Gasteiger partial charge on any atom is 0.308 e. The van der Waals surface area contributed by atoms with Crippen molar-refractivity contribution in [1.82, 2.24) is 10.3 Å². The lowest BCUT2D eigenvalue weighted by atomic mass is 10.1. The van der Waals surface area contributed by atoms with Gasteiger partial charge in [-0.2, -0.15) is 0 Å². The molecule has 1 aliphatic rings. The summed E-state index contributed by atoms with van der Waals surface area (Å²) in [5, 5.41) is 11.3. The SMILES string of the molecule is CC(CNC(=O)c1cc2c([nH]c1=O)CCCCC2)C(=O)O. The number of aryl methyl sites for hydroxylation is 2. The van der Waals surface area contributed by atoms with Crippen LogP contribution >= 0.6 is 0 Å². The van der Waals surface area contributed by atoms with E-state index < -0.39 is 23.4 Å². The molecule has 6 heteroatoms. The summed E-state index contributed by atoms with van der Waals surface area (Å²) in [4.78, 5) is 37.6. The van der Waals surface area contributed by atoms with Gasteiger partial charge in [-0.25, -0.2) is 0 Å². The Balaban J connectivity index is 2.16. The number of carbonyl (C=O) groups excluding carboxylic acids is 1. The standard InChI is InChI=1S/C15H20N2O4/c1-9(15(20)21)8-16-13(18)11-7-10-5-3-2-4-6-12(10)17-14(11)19/h7,9H,2-6,8H2,1H3,(H,16,18)(H,17,19)(H,20,21). The number of pyridine rings is 1. The normalized spacial score (nSPS) is 15.7. The van der Waals surface area contributed by atoms with Crippen LogP contribution in [0, 0.1) is 5.92 Å². The Morgan fingerprint density at radius 1 is 1.33 bits per heavy atom. The lowest BCUT2D eigenvalue weighted by Gasteiger charge is -2.10. The molecule has 1 atom stereocenters. The number of nitrogens with one attached hydrogen (secondary N) is 2. The highest BCUT2D eigenvalue weighted by Gasteiger charge is 2.18. The number of carboxylic acid groups (broad SMARTS) is 1. The lowest BCUT2D eigenvalue weighted by molar-refractivity contribution is -0.140. The van der Waals surface area contributed by atoms with Gasteiger partial charge in [-0.1, -0.05) is 13.3 Å². The van der Waals surface area contributed by atoms with Gasteiger partial charge >= 0.3 is 5.97 Å². The van der Waals surface area contributed by atoms with Gasteiger partial charge in [-0.15, -0.1) is 0 Å². The number of aromatic amines is 1. The van der Waals surface area contributed by atoms with Crippen LogP contribution in [0.1, 0.15) is 47.8 Å². The molecule has 0 saturated carbocycles. The Hall–Kier alpha value is -2.11.